The average Bonchev–Trinajstić information content (AvgIpc) is 1.86. The molecule has 0 aliphatic rings. The number of carbonyl (C=O) groups is 1. The molecular weight excluding hydrogens is 144 g/mol. The number of amides is 1. The van der Waals surface area contributed by atoms with Crippen molar-refractivity contribution in [2.24, 2.45) is 22.2 Å². The van der Waals surface area contributed by atoms with Crippen LogP contribution in [0.15, 0.2) is 4.99 Å². The summed E-state index contributed by atoms with van der Waals surface area (Å²) in [6.45, 7) is 0.592. The van der Waals surface area contributed by atoms with Gasteiger partial charge >= 0.3 is 0 Å². The molecule has 5 nitrogen and oxygen atoms in total. The lowest BCUT2D eigenvalue weighted by Gasteiger charge is -1.93. The maximum absolute atomic E-state index is 10.7. The molecule has 0 aliphatic carbocycles. The zero-order chi connectivity index (χ0) is 8.69. The third kappa shape index (κ3) is 6.79. The van der Waals surface area contributed by atoms with Crippen molar-refractivity contribution in [2.75, 3.05) is 6.54 Å². The van der Waals surface area contributed by atoms with Gasteiger partial charge in [-0.1, -0.05) is 0 Å². The number of carbonyl (C=O) groups excluding carboxylic acids is 1. The topological polar surface area (TPSA) is 107 Å². The Kier molecular flexibility index (Phi) is 5.10. The van der Waals surface area contributed by atoms with Gasteiger partial charge in [-0.2, -0.15) is 4.99 Å². The molecule has 0 rings (SSSR count). The molecule has 0 bridgehead atoms. The fourth-order valence-corrected chi connectivity index (χ4v) is 0.620. The van der Waals surface area contributed by atoms with Crippen molar-refractivity contribution in [3.05, 3.63) is 0 Å². The summed E-state index contributed by atoms with van der Waals surface area (Å²) in [4.78, 5) is 14.1. The van der Waals surface area contributed by atoms with Gasteiger partial charge in [0.2, 0.25) is 5.91 Å². The number of hydrogen-bond donors (Lipinski definition) is 3. The highest BCUT2D eigenvalue weighted by Crippen LogP contribution is 1.94. The summed E-state index contributed by atoms with van der Waals surface area (Å²) in [6, 6.07) is 0. The van der Waals surface area contributed by atoms with E-state index in [0.29, 0.717) is 13.0 Å². The van der Waals surface area contributed by atoms with E-state index in [4.69, 9.17) is 17.2 Å². The Labute approximate surface area is 65.6 Å². The van der Waals surface area contributed by atoms with Gasteiger partial charge in [-0.25, -0.2) is 0 Å². The predicted octanol–water partition coefficient (Wildman–Crippen LogP) is -1.08. The minimum Gasteiger partial charge on any atom is -0.370 e. The normalized spacial score (nSPS) is 9.18. The standard InChI is InChI=1S/C6H14N4O/c7-4-2-1-3-5(11)10-6(8)9/h1-4,7H2,(H4,8,9,10,11). The van der Waals surface area contributed by atoms with E-state index in [9.17, 15) is 4.79 Å². The summed E-state index contributed by atoms with van der Waals surface area (Å²) in [6.07, 6.45) is 1.94. The average molecular weight is 158 g/mol. The second kappa shape index (κ2) is 5.67. The molecule has 0 spiro atoms. The molecule has 1 amide bonds. The first-order chi connectivity index (χ1) is 5.16. The first kappa shape index (κ1) is 9.90. The van der Waals surface area contributed by atoms with Crippen LogP contribution in [0, 0.1) is 0 Å². The number of nitrogens with zero attached hydrogens (tertiary/aromatic N) is 1. The largest absolute Gasteiger partial charge is 0.370 e. The van der Waals surface area contributed by atoms with E-state index in [1.165, 1.54) is 0 Å². The van der Waals surface area contributed by atoms with Crippen LogP contribution in [-0.2, 0) is 4.79 Å². The smallest absolute Gasteiger partial charge is 0.248 e. The SMILES string of the molecule is NCCCCC(=O)N=C(N)N. The van der Waals surface area contributed by atoms with E-state index in [1.54, 1.807) is 0 Å². The molecule has 11 heavy (non-hydrogen) atoms. The van der Waals surface area contributed by atoms with Crippen LogP contribution in [0.3, 0.4) is 0 Å². The molecule has 0 aliphatic heterocycles. The van der Waals surface area contributed by atoms with E-state index < -0.39 is 0 Å². The third-order valence-electron chi connectivity index (χ3n) is 1.10. The summed E-state index contributed by atoms with van der Waals surface area (Å²) in [5.41, 5.74) is 15.2. The molecule has 0 fully saturated rings. The Bertz CT molecular complexity index is 151. The van der Waals surface area contributed by atoms with Crippen molar-refractivity contribution in [3.8, 4) is 0 Å². The molecule has 0 aromatic carbocycles. The minimum absolute atomic E-state index is 0.178. The number of nitrogens with two attached hydrogens (primary N) is 3. The van der Waals surface area contributed by atoms with Gasteiger partial charge in [0.25, 0.3) is 0 Å². The van der Waals surface area contributed by atoms with Gasteiger partial charge < -0.3 is 17.2 Å². The molecule has 0 heterocycles. The molecule has 0 unspecified atom stereocenters. The van der Waals surface area contributed by atoms with Gasteiger partial charge in [0.15, 0.2) is 5.96 Å². The van der Waals surface area contributed by atoms with Crippen LogP contribution >= 0.6 is 0 Å². The molecule has 64 valence electrons. The van der Waals surface area contributed by atoms with Crippen LogP contribution in [-0.4, -0.2) is 18.4 Å². The van der Waals surface area contributed by atoms with E-state index >= 15 is 0 Å². The molecule has 0 aromatic heterocycles. The number of guanidine groups is 1. The highest BCUT2D eigenvalue weighted by Gasteiger charge is 1.97. The lowest BCUT2D eigenvalue weighted by Crippen LogP contribution is -2.24. The fraction of sp³-hybridized carbons (Fsp3) is 0.667. The lowest BCUT2D eigenvalue weighted by molar-refractivity contribution is -0.117. The molecule has 5 heteroatoms. The van der Waals surface area contributed by atoms with Crippen LogP contribution in [0.4, 0.5) is 0 Å². The van der Waals surface area contributed by atoms with Crippen molar-refractivity contribution in [1.82, 2.24) is 0 Å². The Balaban J connectivity index is 3.46. The van der Waals surface area contributed by atoms with Crippen molar-refractivity contribution in [1.29, 1.82) is 0 Å². The number of aliphatic imine (C=N–C) groups is 1. The molecule has 0 aromatic rings. The highest BCUT2D eigenvalue weighted by atomic mass is 16.1. The van der Waals surface area contributed by atoms with Crippen molar-refractivity contribution >= 4 is 11.9 Å². The molecule has 0 atom stereocenters. The predicted molar refractivity (Wildman–Crippen MR) is 43.7 cm³/mol. The summed E-state index contributed by atoms with van der Waals surface area (Å²) >= 11 is 0. The minimum atomic E-state index is -0.279. The van der Waals surface area contributed by atoms with Gasteiger partial charge in [0.1, 0.15) is 0 Å². The second-order valence-corrected chi connectivity index (χ2v) is 2.18. The first-order valence-corrected chi connectivity index (χ1v) is 3.49. The molecule has 0 saturated carbocycles. The van der Waals surface area contributed by atoms with Gasteiger partial charge in [0, 0.05) is 6.42 Å². The van der Waals surface area contributed by atoms with Crippen LogP contribution in [0.25, 0.3) is 0 Å². The van der Waals surface area contributed by atoms with Crippen LogP contribution in [0.5, 0.6) is 0 Å². The summed E-state index contributed by atoms with van der Waals surface area (Å²) < 4.78 is 0. The van der Waals surface area contributed by atoms with Crippen molar-refractivity contribution in [3.63, 3.8) is 0 Å². The Morgan fingerprint density at radius 3 is 2.36 bits per heavy atom. The zero-order valence-corrected chi connectivity index (χ0v) is 6.42. The van der Waals surface area contributed by atoms with E-state index in [1.807, 2.05) is 0 Å². The van der Waals surface area contributed by atoms with Crippen LogP contribution in [0.1, 0.15) is 19.3 Å². The number of hydrogen-bond acceptors (Lipinski definition) is 2. The van der Waals surface area contributed by atoms with E-state index in [2.05, 4.69) is 4.99 Å². The van der Waals surface area contributed by atoms with E-state index in [0.717, 1.165) is 12.8 Å². The lowest BCUT2D eigenvalue weighted by atomic mass is 10.2. The molecule has 0 saturated heterocycles. The van der Waals surface area contributed by atoms with Crippen molar-refractivity contribution in [2.45, 2.75) is 19.3 Å². The Morgan fingerprint density at radius 1 is 1.27 bits per heavy atom. The quantitative estimate of drug-likeness (QED) is 0.274. The molecular formula is C6H14N4O. The van der Waals surface area contributed by atoms with Gasteiger partial charge in [0.05, 0.1) is 0 Å². The van der Waals surface area contributed by atoms with Gasteiger partial charge in [-0.05, 0) is 19.4 Å². The summed E-state index contributed by atoms with van der Waals surface area (Å²) in [5, 5.41) is 0. The Hall–Kier alpha value is -1.10. The monoisotopic (exact) mass is 158 g/mol. The van der Waals surface area contributed by atoms with Gasteiger partial charge in [-0.3, -0.25) is 4.79 Å². The maximum Gasteiger partial charge on any atom is 0.248 e. The van der Waals surface area contributed by atoms with Crippen molar-refractivity contribution < 1.29 is 4.79 Å². The highest BCUT2D eigenvalue weighted by molar-refractivity contribution is 5.91. The zero-order valence-electron chi connectivity index (χ0n) is 6.42. The second-order valence-electron chi connectivity index (χ2n) is 2.18. The summed E-state index contributed by atoms with van der Waals surface area (Å²) in [5.74, 6) is -0.457. The third-order valence-corrected chi connectivity index (χ3v) is 1.10. The molecule has 0 radical (unpaired) electrons. The first-order valence-electron chi connectivity index (χ1n) is 3.49. The van der Waals surface area contributed by atoms with Gasteiger partial charge in [-0.15, -0.1) is 0 Å². The van der Waals surface area contributed by atoms with Crippen LogP contribution in [0.2, 0.25) is 0 Å². The van der Waals surface area contributed by atoms with E-state index in [-0.39, 0.29) is 11.9 Å². The fourth-order valence-electron chi connectivity index (χ4n) is 0.620. The molecule has 6 N–H and O–H groups in total. The van der Waals surface area contributed by atoms with Crippen LogP contribution < -0.4 is 17.2 Å². The number of rotatable bonds is 4. The number of unbranched alkanes of at least 4 members (excludes halogenated alkanes) is 1. The maximum atomic E-state index is 10.7. The Morgan fingerprint density at radius 2 is 1.91 bits per heavy atom. The summed E-state index contributed by atoms with van der Waals surface area (Å²) in [7, 11) is 0.